The van der Waals surface area contributed by atoms with Crippen molar-refractivity contribution in [3.63, 3.8) is 0 Å². The molecule has 0 aromatic heterocycles. The number of esters is 2. The quantitative estimate of drug-likeness (QED) is 0.383. The summed E-state index contributed by atoms with van der Waals surface area (Å²) in [7, 11) is -2.74. The van der Waals surface area contributed by atoms with Crippen LogP contribution >= 0.6 is 7.14 Å². The zero-order valence-corrected chi connectivity index (χ0v) is 11.6. The number of carbonyl (C=O) groups is 2. The van der Waals surface area contributed by atoms with E-state index in [9.17, 15) is 14.2 Å². The molecule has 0 saturated carbocycles. The van der Waals surface area contributed by atoms with Gasteiger partial charge in [-0.05, 0) is 6.42 Å². The molecule has 0 amide bonds. The van der Waals surface area contributed by atoms with Gasteiger partial charge < -0.3 is 14.0 Å². The maximum atomic E-state index is 12.3. The van der Waals surface area contributed by atoms with Gasteiger partial charge in [0.1, 0.15) is 12.7 Å². The number of ether oxygens (including phenoxy) is 2. The van der Waals surface area contributed by atoms with Crippen LogP contribution in [0.4, 0.5) is 0 Å². The van der Waals surface area contributed by atoms with Crippen LogP contribution in [0.15, 0.2) is 0 Å². The summed E-state index contributed by atoms with van der Waals surface area (Å²) < 4.78 is 21.9. The highest BCUT2D eigenvalue weighted by Crippen LogP contribution is 2.46. The van der Waals surface area contributed by atoms with Crippen LogP contribution in [0.25, 0.3) is 0 Å². The normalized spacial score (nSPS) is 11.0. The van der Waals surface area contributed by atoms with E-state index in [1.165, 1.54) is 13.8 Å². The van der Waals surface area contributed by atoms with Crippen LogP contribution in [-0.2, 0) is 23.6 Å². The first kappa shape index (κ1) is 16.2. The van der Waals surface area contributed by atoms with Crippen molar-refractivity contribution in [2.45, 2.75) is 40.0 Å². The Morgan fingerprint density at radius 3 is 1.82 bits per heavy atom. The molecule has 0 N–H and O–H groups in total. The highest BCUT2D eigenvalue weighted by Gasteiger charge is 2.24. The third kappa shape index (κ3) is 8.93. The van der Waals surface area contributed by atoms with Crippen molar-refractivity contribution in [2.75, 3.05) is 18.9 Å². The van der Waals surface area contributed by atoms with Gasteiger partial charge in [0.15, 0.2) is 7.14 Å². The molecular formula is C11H21O5P. The Morgan fingerprint density at radius 1 is 1.00 bits per heavy atom. The molecule has 0 heterocycles. The topological polar surface area (TPSA) is 69.7 Å². The number of unbranched alkanes of at least 4 members (excludes halogenated alkanes) is 2. The number of rotatable bonds is 8. The van der Waals surface area contributed by atoms with Crippen molar-refractivity contribution in [3.05, 3.63) is 0 Å². The molecule has 0 atom stereocenters. The van der Waals surface area contributed by atoms with Gasteiger partial charge in [0, 0.05) is 20.0 Å². The number of hydrogen-bond donors (Lipinski definition) is 0. The molecule has 0 bridgehead atoms. The Bertz CT molecular complexity index is 278. The Hall–Kier alpha value is -0.830. The number of hydrogen-bond acceptors (Lipinski definition) is 5. The van der Waals surface area contributed by atoms with Gasteiger partial charge in [-0.15, -0.1) is 0 Å². The van der Waals surface area contributed by atoms with E-state index in [0.717, 1.165) is 19.3 Å². The predicted molar refractivity (Wildman–Crippen MR) is 65.3 cm³/mol. The average molecular weight is 264 g/mol. The van der Waals surface area contributed by atoms with Crippen LogP contribution in [0.2, 0.25) is 0 Å². The summed E-state index contributed by atoms with van der Waals surface area (Å²) in [4.78, 5) is 21.4. The van der Waals surface area contributed by atoms with Gasteiger partial charge in [-0.3, -0.25) is 9.59 Å². The lowest BCUT2D eigenvalue weighted by molar-refractivity contribution is -0.139. The molecule has 0 unspecified atom stereocenters. The summed E-state index contributed by atoms with van der Waals surface area (Å²) in [6.07, 6.45) is 2.93. The SMILES string of the molecule is CCCCCP(=O)(COC(C)=O)COC(C)=O. The maximum absolute atomic E-state index is 12.3. The highest BCUT2D eigenvalue weighted by molar-refractivity contribution is 7.63. The van der Waals surface area contributed by atoms with E-state index < -0.39 is 19.1 Å². The van der Waals surface area contributed by atoms with E-state index in [-0.39, 0.29) is 12.7 Å². The summed E-state index contributed by atoms with van der Waals surface area (Å²) in [5.41, 5.74) is 0. The molecule has 0 aromatic rings. The number of carbonyl (C=O) groups excluding carboxylic acids is 2. The van der Waals surface area contributed by atoms with E-state index in [4.69, 9.17) is 9.47 Å². The van der Waals surface area contributed by atoms with Crippen LogP contribution in [-0.4, -0.2) is 30.8 Å². The average Bonchev–Trinajstić information content (AvgIpc) is 2.24. The van der Waals surface area contributed by atoms with E-state index in [2.05, 4.69) is 0 Å². The smallest absolute Gasteiger partial charge is 0.303 e. The Morgan fingerprint density at radius 2 is 1.47 bits per heavy atom. The predicted octanol–water partition coefficient (Wildman–Crippen LogP) is 2.58. The second-order valence-corrected chi connectivity index (χ2v) is 7.10. The lowest BCUT2D eigenvalue weighted by atomic mass is 10.3. The van der Waals surface area contributed by atoms with Crippen molar-refractivity contribution < 1.29 is 23.6 Å². The fourth-order valence-electron chi connectivity index (χ4n) is 1.23. The maximum Gasteiger partial charge on any atom is 0.303 e. The molecule has 0 aliphatic carbocycles. The van der Waals surface area contributed by atoms with Gasteiger partial charge in [0.05, 0.1) is 0 Å². The molecule has 0 spiro atoms. The first-order valence-corrected chi connectivity index (χ1v) is 7.99. The van der Waals surface area contributed by atoms with Crippen molar-refractivity contribution >= 4 is 19.1 Å². The minimum absolute atomic E-state index is 0.140. The molecule has 0 rings (SSSR count). The first-order chi connectivity index (χ1) is 7.89. The van der Waals surface area contributed by atoms with Crippen LogP contribution < -0.4 is 0 Å². The van der Waals surface area contributed by atoms with Crippen LogP contribution in [0.3, 0.4) is 0 Å². The Balaban J connectivity index is 4.28. The van der Waals surface area contributed by atoms with Crippen molar-refractivity contribution in [3.8, 4) is 0 Å². The second-order valence-electron chi connectivity index (χ2n) is 4.02. The molecular weight excluding hydrogens is 243 g/mol. The molecule has 0 saturated heterocycles. The fraction of sp³-hybridized carbons (Fsp3) is 0.818. The van der Waals surface area contributed by atoms with Gasteiger partial charge in [-0.2, -0.15) is 0 Å². The Kier molecular flexibility index (Phi) is 7.88. The fourth-order valence-corrected chi connectivity index (χ4v) is 3.20. The minimum atomic E-state index is -2.74. The Labute approximate surface area is 102 Å². The van der Waals surface area contributed by atoms with E-state index in [1.807, 2.05) is 6.92 Å². The van der Waals surface area contributed by atoms with E-state index in [0.29, 0.717) is 6.16 Å². The summed E-state index contributed by atoms with van der Waals surface area (Å²) in [6.45, 7) is 4.58. The molecule has 0 aliphatic rings. The first-order valence-electron chi connectivity index (χ1n) is 5.73. The monoisotopic (exact) mass is 264 g/mol. The van der Waals surface area contributed by atoms with Gasteiger partial charge in [-0.25, -0.2) is 0 Å². The third-order valence-electron chi connectivity index (χ3n) is 2.18. The zero-order chi connectivity index (χ0) is 13.3. The van der Waals surface area contributed by atoms with Crippen molar-refractivity contribution in [1.29, 1.82) is 0 Å². The molecule has 0 radical (unpaired) electrons. The van der Waals surface area contributed by atoms with Crippen LogP contribution in [0, 0.1) is 0 Å². The second kappa shape index (κ2) is 8.29. The summed E-state index contributed by atoms with van der Waals surface area (Å²) in [5, 5.41) is 0. The summed E-state index contributed by atoms with van der Waals surface area (Å²) >= 11 is 0. The van der Waals surface area contributed by atoms with Crippen LogP contribution in [0.1, 0.15) is 40.0 Å². The molecule has 0 fully saturated rings. The largest absolute Gasteiger partial charge is 0.458 e. The van der Waals surface area contributed by atoms with Gasteiger partial charge in [0.2, 0.25) is 0 Å². The summed E-state index contributed by atoms with van der Waals surface area (Å²) in [5.74, 6) is -0.938. The highest BCUT2D eigenvalue weighted by atomic mass is 31.2. The van der Waals surface area contributed by atoms with Gasteiger partial charge in [-0.1, -0.05) is 19.8 Å². The van der Waals surface area contributed by atoms with E-state index in [1.54, 1.807) is 0 Å². The zero-order valence-electron chi connectivity index (χ0n) is 10.7. The molecule has 17 heavy (non-hydrogen) atoms. The van der Waals surface area contributed by atoms with Gasteiger partial charge >= 0.3 is 11.9 Å². The molecule has 0 aliphatic heterocycles. The standard InChI is InChI=1S/C11H21O5P/c1-4-5-6-7-17(14,8-15-10(2)12)9-16-11(3)13/h4-9H2,1-3H3. The van der Waals surface area contributed by atoms with Gasteiger partial charge in [0.25, 0.3) is 0 Å². The third-order valence-corrected chi connectivity index (χ3v) is 4.51. The molecule has 6 heteroatoms. The van der Waals surface area contributed by atoms with Crippen molar-refractivity contribution in [2.24, 2.45) is 0 Å². The molecule has 0 aromatic carbocycles. The summed E-state index contributed by atoms with van der Waals surface area (Å²) in [6, 6.07) is 0. The molecule has 100 valence electrons. The van der Waals surface area contributed by atoms with Crippen LogP contribution in [0.5, 0.6) is 0 Å². The van der Waals surface area contributed by atoms with Crippen molar-refractivity contribution in [1.82, 2.24) is 0 Å². The lowest BCUT2D eigenvalue weighted by Gasteiger charge is -2.17. The van der Waals surface area contributed by atoms with E-state index >= 15 is 0 Å². The minimum Gasteiger partial charge on any atom is -0.458 e. The molecule has 5 nitrogen and oxygen atoms in total. The lowest BCUT2D eigenvalue weighted by Crippen LogP contribution is -2.10.